The zero-order valence-electron chi connectivity index (χ0n) is 10.2. The van der Waals surface area contributed by atoms with Crippen LogP contribution in [0.1, 0.15) is 6.92 Å². The van der Waals surface area contributed by atoms with Gasteiger partial charge in [0.1, 0.15) is 5.02 Å². The van der Waals surface area contributed by atoms with Gasteiger partial charge in [-0.3, -0.25) is 10.1 Å². The van der Waals surface area contributed by atoms with E-state index < -0.39 is 20.6 Å². The summed E-state index contributed by atoms with van der Waals surface area (Å²) in [6.45, 7) is 3.31. The van der Waals surface area contributed by atoms with E-state index in [2.05, 4.69) is 10.0 Å². The molecule has 9 heteroatoms. The van der Waals surface area contributed by atoms with Crippen LogP contribution >= 0.6 is 11.6 Å². The number of hydrogen-bond donors (Lipinski definition) is 2. The van der Waals surface area contributed by atoms with Crippen LogP contribution in [0.3, 0.4) is 0 Å². The third-order valence-corrected chi connectivity index (χ3v) is 4.05. The molecule has 7 nitrogen and oxygen atoms in total. The van der Waals surface area contributed by atoms with E-state index in [0.29, 0.717) is 6.54 Å². The highest BCUT2D eigenvalue weighted by atomic mass is 35.5. The molecule has 0 radical (unpaired) electrons. The average molecular weight is 308 g/mol. The highest BCUT2D eigenvalue weighted by Crippen LogP contribution is 2.26. The SMILES string of the molecule is CCNCCNS(=O)(=O)c1ccc(Cl)c([N+](=O)[O-])c1. The normalized spacial score (nSPS) is 11.5. The molecule has 0 saturated heterocycles. The summed E-state index contributed by atoms with van der Waals surface area (Å²) >= 11 is 5.62. The van der Waals surface area contributed by atoms with Gasteiger partial charge in [-0.05, 0) is 18.7 Å². The lowest BCUT2D eigenvalue weighted by Gasteiger charge is -2.07. The Labute approximate surface area is 116 Å². The minimum absolute atomic E-state index is 0.100. The number of hydrogen-bond acceptors (Lipinski definition) is 5. The van der Waals surface area contributed by atoms with E-state index in [9.17, 15) is 18.5 Å². The molecule has 0 atom stereocenters. The van der Waals surface area contributed by atoms with Crippen molar-refractivity contribution >= 4 is 27.3 Å². The molecule has 0 unspecified atom stereocenters. The Hall–Kier alpha value is -1.22. The summed E-state index contributed by atoms with van der Waals surface area (Å²) in [4.78, 5) is 9.79. The van der Waals surface area contributed by atoms with Gasteiger partial charge in [-0.1, -0.05) is 18.5 Å². The Morgan fingerprint density at radius 3 is 2.63 bits per heavy atom. The first-order chi connectivity index (χ1) is 8.88. The fourth-order valence-corrected chi connectivity index (χ4v) is 2.57. The van der Waals surface area contributed by atoms with E-state index in [1.54, 1.807) is 0 Å². The van der Waals surface area contributed by atoms with Crippen LogP contribution < -0.4 is 10.0 Å². The molecule has 0 heterocycles. The van der Waals surface area contributed by atoms with Crippen LogP contribution in [0.15, 0.2) is 23.1 Å². The highest BCUT2D eigenvalue weighted by molar-refractivity contribution is 7.89. The summed E-state index contributed by atoms with van der Waals surface area (Å²) in [5, 5.41) is 13.6. The minimum Gasteiger partial charge on any atom is -0.316 e. The van der Waals surface area contributed by atoms with Gasteiger partial charge in [-0.25, -0.2) is 13.1 Å². The summed E-state index contributed by atoms with van der Waals surface area (Å²) < 4.78 is 26.1. The molecule has 1 aromatic rings. The fourth-order valence-electron chi connectivity index (χ4n) is 1.33. The molecule has 1 rings (SSSR count). The van der Waals surface area contributed by atoms with Gasteiger partial charge in [0.15, 0.2) is 0 Å². The Morgan fingerprint density at radius 2 is 2.05 bits per heavy atom. The molecule has 0 saturated carbocycles. The van der Waals surface area contributed by atoms with Crippen LogP contribution in [0.4, 0.5) is 5.69 Å². The zero-order valence-corrected chi connectivity index (χ0v) is 11.8. The van der Waals surface area contributed by atoms with Gasteiger partial charge in [-0.15, -0.1) is 0 Å². The van der Waals surface area contributed by atoms with Crippen molar-refractivity contribution in [2.75, 3.05) is 19.6 Å². The predicted molar refractivity (Wildman–Crippen MR) is 71.8 cm³/mol. The van der Waals surface area contributed by atoms with Crippen molar-refractivity contribution in [3.8, 4) is 0 Å². The maximum atomic E-state index is 11.9. The number of sulfonamides is 1. The topological polar surface area (TPSA) is 101 Å². The van der Waals surface area contributed by atoms with E-state index in [-0.39, 0.29) is 16.5 Å². The Morgan fingerprint density at radius 1 is 1.37 bits per heavy atom. The third kappa shape index (κ3) is 4.43. The molecular formula is C10H14ClN3O4S. The van der Waals surface area contributed by atoms with Crippen molar-refractivity contribution < 1.29 is 13.3 Å². The number of rotatable bonds is 7. The number of likely N-dealkylation sites (N-methyl/N-ethyl adjacent to an activating group) is 1. The van der Waals surface area contributed by atoms with E-state index in [0.717, 1.165) is 12.6 Å². The van der Waals surface area contributed by atoms with E-state index >= 15 is 0 Å². The van der Waals surface area contributed by atoms with Gasteiger partial charge in [0.2, 0.25) is 10.0 Å². The molecular weight excluding hydrogens is 294 g/mol. The van der Waals surface area contributed by atoms with Crippen LogP contribution in [0, 0.1) is 10.1 Å². The molecule has 0 bridgehead atoms. The van der Waals surface area contributed by atoms with Crippen molar-refractivity contribution in [3.63, 3.8) is 0 Å². The molecule has 2 N–H and O–H groups in total. The highest BCUT2D eigenvalue weighted by Gasteiger charge is 2.20. The zero-order chi connectivity index (χ0) is 14.5. The van der Waals surface area contributed by atoms with Gasteiger partial charge in [0, 0.05) is 19.2 Å². The second kappa shape index (κ2) is 6.80. The average Bonchev–Trinajstić information content (AvgIpc) is 2.34. The van der Waals surface area contributed by atoms with Gasteiger partial charge in [-0.2, -0.15) is 0 Å². The molecule has 0 aliphatic carbocycles. The van der Waals surface area contributed by atoms with Gasteiger partial charge in [0.05, 0.1) is 9.82 Å². The molecule has 0 fully saturated rings. The molecule has 106 valence electrons. The molecule has 0 aliphatic rings. The number of halogens is 1. The lowest BCUT2D eigenvalue weighted by atomic mass is 10.3. The summed E-state index contributed by atoms with van der Waals surface area (Å²) in [5.41, 5.74) is -0.434. The first-order valence-electron chi connectivity index (χ1n) is 5.53. The van der Waals surface area contributed by atoms with Crippen LogP contribution in [0.5, 0.6) is 0 Å². The Balaban J connectivity index is 2.89. The van der Waals surface area contributed by atoms with Crippen molar-refractivity contribution in [3.05, 3.63) is 33.3 Å². The summed E-state index contributed by atoms with van der Waals surface area (Å²) in [6.07, 6.45) is 0. The molecule has 0 spiro atoms. The van der Waals surface area contributed by atoms with Crippen LogP contribution in [0.2, 0.25) is 5.02 Å². The van der Waals surface area contributed by atoms with Crippen LogP contribution in [-0.2, 0) is 10.0 Å². The number of benzene rings is 1. The number of nitrogens with one attached hydrogen (secondary N) is 2. The van der Waals surface area contributed by atoms with E-state index in [1.165, 1.54) is 12.1 Å². The Bertz CT molecular complexity index is 562. The first-order valence-corrected chi connectivity index (χ1v) is 7.39. The van der Waals surface area contributed by atoms with Crippen LogP contribution in [-0.4, -0.2) is 33.0 Å². The standard InChI is InChI=1S/C10H14ClN3O4S/c1-2-12-5-6-13-19(17,18)8-3-4-9(11)10(7-8)14(15)16/h3-4,7,12-13H,2,5-6H2,1H3. The number of nitro benzene ring substituents is 1. The van der Waals surface area contributed by atoms with Gasteiger partial charge >= 0.3 is 0 Å². The lowest BCUT2D eigenvalue weighted by molar-refractivity contribution is -0.384. The third-order valence-electron chi connectivity index (χ3n) is 2.27. The predicted octanol–water partition coefficient (Wildman–Crippen LogP) is 1.14. The van der Waals surface area contributed by atoms with Crippen molar-refractivity contribution in [2.24, 2.45) is 0 Å². The maximum absolute atomic E-state index is 11.9. The lowest BCUT2D eigenvalue weighted by Crippen LogP contribution is -2.31. The summed E-state index contributed by atoms with van der Waals surface area (Å²) in [5.74, 6) is 0. The molecule has 0 amide bonds. The van der Waals surface area contributed by atoms with Crippen LogP contribution in [0.25, 0.3) is 0 Å². The van der Waals surface area contributed by atoms with Crippen molar-refractivity contribution in [2.45, 2.75) is 11.8 Å². The van der Waals surface area contributed by atoms with Gasteiger partial charge < -0.3 is 5.32 Å². The first kappa shape index (κ1) is 15.8. The molecule has 1 aromatic carbocycles. The van der Waals surface area contributed by atoms with Gasteiger partial charge in [0.25, 0.3) is 5.69 Å². The van der Waals surface area contributed by atoms with Crippen molar-refractivity contribution in [1.29, 1.82) is 0 Å². The largest absolute Gasteiger partial charge is 0.316 e. The smallest absolute Gasteiger partial charge is 0.289 e. The molecule has 19 heavy (non-hydrogen) atoms. The van der Waals surface area contributed by atoms with Crippen molar-refractivity contribution in [1.82, 2.24) is 10.0 Å². The number of nitro groups is 1. The number of nitrogens with zero attached hydrogens (tertiary/aromatic N) is 1. The summed E-state index contributed by atoms with van der Waals surface area (Å²) in [6, 6.07) is 3.36. The monoisotopic (exact) mass is 307 g/mol. The Kier molecular flexibility index (Phi) is 5.67. The maximum Gasteiger partial charge on any atom is 0.289 e. The quantitative estimate of drug-likeness (QED) is 0.447. The molecule has 0 aromatic heterocycles. The second-order valence-electron chi connectivity index (χ2n) is 3.62. The van der Waals surface area contributed by atoms with E-state index in [4.69, 9.17) is 11.6 Å². The van der Waals surface area contributed by atoms with E-state index in [1.807, 2.05) is 6.92 Å². The minimum atomic E-state index is -3.77. The second-order valence-corrected chi connectivity index (χ2v) is 5.80. The molecule has 0 aliphatic heterocycles. The fraction of sp³-hybridized carbons (Fsp3) is 0.400. The summed E-state index contributed by atoms with van der Waals surface area (Å²) in [7, 11) is -3.77.